The van der Waals surface area contributed by atoms with Crippen LogP contribution in [0, 0.1) is 0 Å². The minimum atomic E-state index is -0.342. The highest BCUT2D eigenvalue weighted by atomic mass is 16.5. The van der Waals surface area contributed by atoms with Crippen LogP contribution in [0.1, 0.15) is 29.3 Å². The van der Waals surface area contributed by atoms with E-state index in [-0.39, 0.29) is 18.4 Å². The number of amides is 1. The van der Waals surface area contributed by atoms with Gasteiger partial charge in [0.05, 0.1) is 18.7 Å². The van der Waals surface area contributed by atoms with E-state index in [2.05, 4.69) is 22.8 Å². The minimum absolute atomic E-state index is 0.0532. The first-order valence-electron chi connectivity index (χ1n) is 8.50. The Balaban J connectivity index is 1.65. The molecule has 2 aromatic carbocycles. The molecular formula is C20H24N2O3. The first kappa shape index (κ1) is 18.5. The molecule has 0 radical (unpaired) electrons. The number of benzene rings is 2. The predicted molar refractivity (Wildman–Crippen MR) is 98.7 cm³/mol. The van der Waals surface area contributed by atoms with Crippen LogP contribution in [0.2, 0.25) is 0 Å². The van der Waals surface area contributed by atoms with Crippen LogP contribution >= 0.6 is 0 Å². The highest BCUT2D eigenvalue weighted by Gasteiger charge is 2.06. The normalized spacial score (nSPS) is 10.1. The summed E-state index contributed by atoms with van der Waals surface area (Å²) >= 11 is 0. The van der Waals surface area contributed by atoms with Crippen LogP contribution in [0.4, 0.5) is 5.69 Å². The van der Waals surface area contributed by atoms with Crippen LogP contribution in [-0.2, 0) is 16.0 Å². The first-order chi connectivity index (χ1) is 12.2. The van der Waals surface area contributed by atoms with Crippen LogP contribution in [0.15, 0.2) is 54.6 Å². The fraction of sp³-hybridized carbons (Fsp3) is 0.300. The second kappa shape index (κ2) is 10.1. The van der Waals surface area contributed by atoms with E-state index in [1.165, 1.54) is 5.56 Å². The summed E-state index contributed by atoms with van der Waals surface area (Å²) in [5.74, 6) is -0.396. The van der Waals surface area contributed by atoms with E-state index in [4.69, 9.17) is 4.74 Å². The van der Waals surface area contributed by atoms with Gasteiger partial charge in [-0.05, 0) is 49.6 Å². The van der Waals surface area contributed by atoms with Gasteiger partial charge in [-0.1, -0.05) is 30.3 Å². The van der Waals surface area contributed by atoms with Crippen molar-refractivity contribution in [1.29, 1.82) is 0 Å². The van der Waals surface area contributed by atoms with Gasteiger partial charge in [0, 0.05) is 12.2 Å². The molecule has 0 saturated carbocycles. The lowest BCUT2D eigenvalue weighted by Gasteiger charge is -2.08. The van der Waals surface area contributed by atoms with Gasteiger partial charge < -0.3 is 15.4 Å². The standard InChI is InChI=1S/C20H24N2O3/c1-2-25-20(24)17-10-12-18(13-11-17)22-15-19(23)21-14-6-9-16-7-4-3-5-8-16/h3-5,7-8,10-13,22H,2,6,9,14-15H2,1H3,(H,21,23). The Bertz CT molecular complexity index is 669. The molecule has 0 bridgehead atoms. The van der Waals surface area contributed by atoms with Gasteiger partial charge in [0.1, 0.15) is 0 Å². The van der Waals surface area contributed by atoms with Crippen molar-refractivity contribution in [3.8, 4) is 0 Å². The zero-order valence-corrected chi connectivity index (χ0v) is 14.5. The second-order valence-electron chi connectivity index (χ2n) is 5.59. The van der Waals surface area contributed by atoms with Crippen LogP contribution in [-0.4, -0.2) is 31.6 Å². The zero-order chi connectivity index (χ0) is 17.9. The summed E-state index contributed by atoms with van der Waals surface area (Å²) < 4.78 is 4.93. The number of carbonyl (C=O) groups is 2. The molecule has 0 aromatic heterocycles. The summed E-state index contributed by atoms with van der Waals surface area (Å²) in [5.41, 5.74) is 2.56. The molecule has 5 nitrogen and oxygen atoms in total. The Morgan fingerprint density at radius 3 is 2.40 bits per heavy atom. The van der Waals surface area contributed by atoms with E-state index in [9.17, 15) is 9.59 Å². The molecule has 0 aliphatic rings. The second-order valence-corrected chi connectivity index (χ2v) is 5.59. The fourth-order valence-electron chi connectivity index (χ4n) is 2.35. The van der Waals surface area contributed by atoms with E-state index < -0.39 is 0 Å². The maximum Gasteiger partial charge on any atom is 0.338 e. The van der Waals surface area contributed by atoms with E-state index in [0.717, 1.165) is 18.5 Å². The SMILES string of the molecule is CCOC(=O)c1ccc(NCC(=O)NCCCc2ccccc2)cc1. The number of esters is 1. The molecule has 25 heavy (non-hydrogen) atoms. The molecule has 0 fully saturated rings. The van der Waals surface area contributed by atoms with Crippen molar-refractivity contribution in [2.24, 2.45) is 0 Å². The van der Waals surface area contributed by atoms with Gasteiger partial charge in [-0.25, -0.2) is 4.79 Å². The summed E-state index contributed by atoms with van der Waals surface area (Å²) in [5, 5.41) is 5.93. The fourth-order valence-corrected chi connectivity index (χ4v) is 2.35. The maximum absolute atomic E-state index is 11.8. The minimum Gasteiger partial charge on any atom is -0.462 e. The van der Waals surface area contributed by atoms with Gasteiger partial charge in [-0.2, -0.15) is 0 Å². The van der Waals surface area contributed by atoms with E-state index in [1.54, 1.807) is 31.2 Å². The van der Waals surface area contributed by atoms with Gasteiger partial charge in [0.25, 0.3) is 0 Å². The van der Waals surface area contributed by atoms with E-state index in [1.807, 2.05) is 18.2 Å². The number of rotatable bonds is 9. The van der Waals surface area contributed by atoms with E-state index in [0.29, 0.717) is 18.7 Å². The molecule has 132 valence electrons. The third kappa shape index (κ3) is 6.67. The average Bonchev–Trinajstić information content (AvgIpc) is 2.65. The van der Waals surface area contributed by atoms with Gasteiger partial charge >= 0.3 is 5.97 Å². The number of hydrogen-bond acceptors (Lipinski definition) is 4. The Hall–Kier alpha value is -2.82. The molecule has 0 spiro atoms. The summed E-state index contributed by atoms with van der Waals surface area (Å²) in [6.45, 7) is 2.97. The van der Waals surface area contributed by atoms with Gasteiger partial charge in [0.15, 0.2) is 0 Å². The van der Waals surface area contributed by atoms with Crippen molar-refractivity contribution in [3.05, 3.63) is 65.7 Å². The van der Waals surface area contributed by atoms with Crippen LogP contribution in [0.25, 0.3) is 0 Å². The lowest BCUT2D eigenvalue weighted by molar-refractivity contribution is -0.119. The summed E-state index contributed by atoms with van der Waals surface area (Å²) in [7, 11) is 0. The van der Waals surface area contributed by atoms with Gasteiger partial charge in [-0.3, -0.25) is 4.79 Å². The smallest absolute Gasteiger partial charge is 0.338 e. The van der Waals surface area contributed by atoms with Crippen molar-refractivity contribution in [1.82, 2.24) is 5.32 Å². The average molecular weight is 340 g/mol. The lowest BCUT2D eigenvalue weighted by Crippen LogP contribution is -2.30. The monoisotopic (exact) mass is 340 g/mol. The number of carbonyl (C=O) groups excluding carboxylic acids is 2. The number of anilines is 1. The predicted octanol–water partition coefficient (Wildman–Crippen LogP) is 3.02. The topological polar surface area (TPSA) is 67.4 Å². The molecule has 0 saturated heterocycles. The summed E-state index contributed by atoms with van der Waals surface area (Å²) in [4.78, 5) is 23.4. The molecule has 0 unspecified atom stereocenters. The van der Waals surface area contributed by atoms with Crippen LogP contribution in [0.3, 0.4) is 0 Å². The third-order valence-electron chi connectivity index (χ3n) is 3.66. The first-order valence-corrected chi connectivity index (χ1v) is 8.50. The van der Waals surface area contributed by atoms with Crippen molar-refractivity contribution < 1.29 is 14.3 Å². The molecule has 2 N–H and O–H groups in total. The van der Waals surface area contributed by atoms with Crippen molar-refractivity contribution >= 4 is 17.6 Å². The summed E-state index contributed by atoms with van der Waals surface area (Å²) in [6, 6.07) is 17.1. The van der Waals surface area contributed by atoms with E-state index >= 15 is 0 Å². The molecule has 1 amide bonds. The maximum atomic E-state index is 11.8. The Kier molecular flexibility index (Phi) is 7.50. The Morgan fingerprint density at radius 2 is 1.72 bits per heavy atom. The quantitative estimate of drug-likeness (QED) is 0.544. The third-order valence-corrected chi connectivity index (χ3v) is 3.66. The van der Waals surface area contributed by atoms with Crippen molar-refractivity contribution in [2.45, 2.75) is 19.8 Å². The van der Waals surface area contributed by atoms with Crippen LogP contribution < -0.4 is 10.6 Å². The number of hydrogen-bond donors (Lipinski definition) is 2. The highest BCUT2D eigenvalue weighted by molar-refractivity contribution is 5.90. The van der Waals surface area contributed by atoms with Gasteiger partial charge in [-0.15, -0.1) is 0 Å². The van der Waals surface area contributed by atoms with Crippen LogP contribution in [0.5, 0.6) is 0 Å². The van der Waals surface area contributed by atoms with Crippen molar-refractivity contribution in [3.63, 3.8) is 0 Å². The number of ether oxygens (including phenoxy) is 1. The number of nitrogens with one attached hydrogen (secondary N) is 2. The molecule has 2 aromatic rings. The molecule has 0 heterocycles. The summed E-state index contributed by atoms with van der Waals surface area (Å²) in [6.07, 6.45) is 1.86. The molecule has 2 rings (SSSR count). The Morgan fingerprint density at radius 1 is 1.00 bits per heavy atom. The molecule has 5 heteroatoms. The highest BCUT2D eigenvalue weighted by Crippen LogP contribution is 2.10. The zero-order valence-electron chi connectivity index (χ0n) is 14.5. The lowest BCUT2D eigenvalue weighted by atomic mass is 10.1. The molecule has 0 aliphatic heterocycles. The largest absolute Gasteiger partial charge is 0.462 e. The number of aryl methyl sites for hydroxylation is 1. The van der Waals surface area contributed by atoms with Gasteiger partial charge in [0.2, 0.25) is 5.91 Å². The molecule has 0 atom stereocenters. The molecule has 0 aliphatic carbocycles. The molecular weight excluding hydrogens is 316 g/mol. The van der Waals surface area contributed by atoms with Crippen molar-refractivity contribution in [2.75, 3.05) is 25.0 Å². The Labute approximate surface area is 148 Å².